The molecule has 8 heteroatoms. The van der Waals surface area contributed by atoms with Gasteiger partial charge in [-0.2, -0.15) is 5.10 Å². The lowest BCUT2D eigenvalue weighted by atomic mass is 10.2. The summed E-state index contributed by atoms with van der Waals surface area (Å²) in [5, 5.41) is 4.67. The van der Waals surface area contributed by atoms with Gasteiger partial charge in [0.05, 0.1) is 10.8 Å². The van der Waals surface area contributed by atoms with E-state index in [2.05, 4.69) is 22.7 Å². The van der Waals surface area contributed by atoms with E-state index < -0.39 is 0 Å². The summed E-state index contributed by atoms with van der Waals surface area (Å²) in [4.78, 5) is 12.0. The quantitative estimate of drug-likeness (QED) is 0.293. The topological polar surface area (TPSA) is 59.9 Å². The van der Waals surface area contributed by atoms with Crippen molar-refractivity contribution in [3.8, 4) is 11.5 Å². The lowest BCUT2D eigenvalue weighted by Gasteiger charge is -2.10. The van der Waals surface area contributed by atoms with Gasteiger partial charge in [0.25, 0.3) is 5.91 Å². The second kappa shape index (κ2) is 12.0. The molecule has 0 bridgehead atoms. The van der Waals surface area contributed by atoms with Gasteiger partial charge in [-0.05, 0) is 53.6 Å². The van der Waals surface area contributed by atoms with E-state index in [-0.39, 0.29) is 12.5 Å². The van der Waals surface area contributed by atoms with Gasteiger partial charge < -0.3 is 9.47 Å². The van der Waals surface area contributed by atoms with Gasteiger partial charge in [0.15, 0.2) is 6.61 Å². The minimum atomic E-state index is -0.322. The molecule has 1 N–H and O–H groups in total. The number of nitrogens with zero attached hydrogens (tertiary/aromatic N) is 1. The van der Waals surface area contributed by atoms with Gasteiger partial charge in [-0.1, -0.05) is 41.9 Å². The van der Waals surface area contributed by atoms with Crippen molar-refractivity contribution < 1.29 is 14.3 Å². The Labute approximate surface area is 206 Å². The zero-order valence-electron chi connectivity index (χ0n) is 17.8. The summed E-state index contributed by atoms with van der Waals surface area (Å²) < 4.78 is 11.8. The van der Waals surface area contributed by atoms with E-state index in [4.69, 9.17) is 21.1 Å². The number of benzene rings is 3. The summed E-state index contributed by atoms with van der Waals surface area (Å²) in [6.07, 6.45) is 1.57. The van der Waals surface area contributed by atoms with Crippen LogP contribution in [0.5, 0.6) is 11.5 Å². The van der Waals surface area contributed by atoms with Gasteiger partial charge in [0.2, 0.25) is 0 Å². The van der Waals surface area contributed by atoms with Crippen LogP contribution in [-0.2, 0) is 11.4 Å². The van der Waals surface area contributed by atoms with Crippen molar-refractivity contribution in [3.63, 3.8) is 0 Å². The standard InChI is InChI=1S/C25H23ClN2O3S2/c26-23-4-2-1-3-20(23)16-30-21-9-5-18(6-10-21)15-27-28-24(29)17-31-22-11-7-19(8-12-22)25-32-13-14-33-25/h1-12,15,25H,13-14,16-17H2,(H,28,29)/b27-15-. The molecule has 0 aromatic heterocycles. The highest BCUT2D eigenvalue weighted by atomic mass is 35.5. The van der Waals surface area contributed by atoms with E-state index in [1.807, 2.05) is 84.2 Å². The van der Waals surface area contributed by atoms with Gasteiger partial charge in [-0.15, -0.1) is 23.5 Å². The van der Waals surface area contributed by atoms with Crippen molar-refractivity contribution in [2.24, 2.45) is 5.10 Å². The van der Waals surface area contributed by atoms with Gasteiger partial charge in [-0.3, -0.25) is 4.79 Å². The lowest BCUT2D eigenvalue weighted by Crippen LogP contribution is -2.24. The molecule has 4 rings (SSSR count). The zero-order valence-corrected chi connectivity index (χ0v) is 20.2. The third kappa shape index (κ3) is 7.19. The molecule has 3 aromatic carbocycles. The molecule has 5 nitrogen and oxygen atoms in total. The fourth-order valence-corrected chi connectivity index (χ4v) is 6.11. The molecule has 0 spiro atoms. The third-order valence-corrected chi connectivity index (χ3v) is 8.25. The second-order valence-electron chi connectivity index (χ2n) is 7.17. The highest BCUT2D eigenvalue weighted by Gasteiger charge is 2.17. The molecule has 0 aliphatic carbocycles. The van der Waals surface area contributed by atoms with E-state index in [9.17, 15) is 4.79 Å². The fourth-order valence-electron chi connectivity index (χ4n) is 3.06. The van der Waals surface area contributed by atoms with Crippen molar-refractivity contribution >= 4 is 47.2 Å². The first-order valence-corrected chi connectivity index (χ1v) is 12.9. The lowest BCUT2D eigenvalue weighted by molar-refractivity contribution is -0.123. The van der Waals surface area contributed by atoms with Gasteiger partial charge in [0, 0.05) is 22.1 Å². The number of thioether (sulfide) groups is 2. The monoisotopic (exact) mass is 498 g/mol. The van der Waals surface area contributed by atoms with Crippen molar-refractivity contribution in [3.05, 3.63) is 94.5 Å². The van der Waals surface area contributed by atoms with Crippen molar-refractivity contribution in [2.75, 3.05) is 18.1 Å². The molecule has 1 amide bonds. The maximum absolute atomic E-state index is 12.0. The molecule has 1 saturated heterocycles. The van der Waals surface area contributed by atoms with Crippen LogP contribution in [0.4, 0.5) is 0 Å². The van der Waals surface area contributed by atoms with E-state index in [1.54, 1.807) is 6.21 Å². The number of nitrogens with one attached hydrogen (secondary N) is 1. The Morgan fingerprint density at radius 3 is 2.36 bits per heavy atom. The van der Waals surface area contributed by atoms with Crippen molar-refractivity contribution in [1.82, 2.24) is 5.43 Å². The highest BCUT2D eigenvalue weighted by Crippen LogP contribution is 2.45. The van der Waals surface area contributed by atoms with E-state index in [0.29, 0.717) is 22.0 Å². The molecule has 1 heterocycles. The Balaban J connectivity index is 1.18. The average molecular weight is 499 g/mol. The minimum Gasteiger partial charge on any atom is -0.489 e. The number of hydrogen-bond donors (Lipinski definition) is 1. The Kier molecular flexibility index (Phi) is 8.58. The van der Waals surface area contributed by atoms with Crippen molar-refractivity contribution in [2.45, 2.75) is 11.2 Å². The van der Waals surface area contributed by atoms with Crippen LogP contribution < -0.4 is 14.9 Å². The minimum absolute atomic E-state index is 0.0988. The molecule has 1 aliphatic rings. The first-order valence-electron chi connectivity index (χ1n) is 10.4. The predicted molar refractivity (Wildman–Crippen MR) is 138 cm³/mol. The van der Waals surface area contributed by atoms with E-state index in [1.165, 1.54) is 17.1 Å². The normalized spacial score (nSPS) is 13.8. The fraction of sp³-hybridized carbons (Fsp3) is 0.200. The number of carbonyl (C=O) groups excluding carboxylic acids is 1. The molecule has 0 unspecified atom stereocenters. The van der Waals surface area contributed by atoms with Crippen LogP contribution in [0.3, 0.4) is 0 Å². The molecule has 0 radical (unpaired) electrons. The largest absolute Gasteiger partial charge is 0.489 e. The summed E-state index contributed by atoms with van der Waals surface area (Å²) in [6.45, 7) is 0.294. The summed E-state index contributed by atoms with van der Waals surface area (Å²) in [5.74, 6) is 3.45. The zero-order chi connectivity index (χ0) is 22.9. The van der Waals surface area contributed by atoms with Gasteiger partial charge in [0.1, 0.15) is 18.1 Å². The highest BCUT2D eigenvalue weighted by molar-refractivity contribution is 8.19. The van der Waals surface area contributed by atoms with Crippen molar-refractivity contribution in [1.29, 1.82) is 0 Å². The number of rotatable bonds is 9. The molecule has 0 atom stereocenters. The third-order valence-electron chi connectivity index (χ3n) is 4.78. The number of amides is 1. The molecular weight excluding hydrogens is 476 g/mol. The van der Waals surface area contributed by atoms with Crippen LogP contribution >= 0.6 is 35.1 Å². The van der Waals surface area contributed by atoms with E-state index >= 15 is 0 Å². The van der Waals surface area contributed by atoms with Crippen LogP contribution in [0.2, 0.25) is 5.02 Å². The molecule has 3 aromatic rings. The van der Waals surface area contributed by atoms with Crippen LogP contribution in [0.1, 0.15) is 21.3 Å². The van der Waals surface area contributed by atoms with Crippen LogP contribution in [-0.4, -0.2) is 30.2 Å². The molecule has 33 heavy (non-hydrogen) atoms. The Bertz CT molecular complexity index is 1090. The van der Waals surface area contributed by atoms with Crippen LogP contribution in [0, 0.1) is 0 Å². The summed E-state index contributed by atoms with van der Waals surface area (Å²) in [5.41, 5.74) is 5.52. The SMILES string of the molecule is O=C(COc1ccc(C2SCCS2)cc1)N/N=C\c1ccc(OCc2ccccc2Cl)cc1. The first-order chi connectivity index (χ1) is 16.2. The molecule has 1 fully saturated rings. The first kappa shape index (κ1) is 23.5. The van der Waals surface area contributed by atoms with Gasteiger partial charge >= 0.3 is 0 Å². The maximum atomic E-state index is 12.0. The predicted octanol–water partition coefficient (Wildman–Crippen LogP) is 5.93. The summed E-state index contributed by atoms with van der Waals surface area (Å²) in [6, 6.07) is 22.9. The number of ether oxygens (including phenoxy) is 2. The number of hydrazone groups is 1. The Morgan fingerprint density at radius 1 is 0.970 bits per heavy atom. The molecular formula is C25H23ClN2O3S2. The summed E-state index contributed by atoms with van der Waals surface area (Å²) in [7, 11) is 0. The van der Waals surface area contributed by atoms with Crippen LogP contribution in [0.25, 0.3) is 0 Å². The van der Waals surface area contributed by atoms with E-state index in [0.717, 1.165) is 16.9 Å². The average Bonchev–Trinajstić information content (AvgIpc) is 3.39. The maximum Gasteiger partial charge on any atom is 0.277 e. The number of halogens is 1. The summed E-state index contributed by atoms with van der Waals surface area (Å²) >= 11 is 10.1. The molecule has 170 valence electrons. The Hall–Kier alpha value is -2.61. The number of carbonyl (C=O) groups is 1. The molecule has 1 aliphatic heterocycles. The second-order valence-corrected chi connectivity index (χ2v) is 10.3. The Morgan fingerprint density at radius 2 is 1.64 bits per heavy atom. The smallest absolute Gasteiger partial charge is 0.277 e. The van der Waals surface area contributed by atoms with Crippen LogP contribution in [0.15, 0.2) is 77.9 Å². The number of hydrogen-bond acceptors (Lipinski definition) is 6. The molecule has 0 saturated carbocycles. The van der Waals surface area contributed by atoms with Gasteiger partial charge in [-0.25, -0.2) is 5.43 Å².